The van der Waals surface area contributed by atoms with Gasteiger partial charge in [0.15, 0.2) is 0 Å². The van der Waals surface area contributed by atoms with E-state index < -0.39 is 34.5 Å². The zero-order chi connectivity index (χ0) is 21.9. The Morgan fingerprint density at radius 3 is 2.70 bits per heavy atom. The quantitative estimate of drug-likeness (QED) is 0.524. The summed E-state index contributed by atoms with van der Waals surface area (Å²) in [6.07, 6.45) is -4.50. The number of benzene rings is 2. The van der Waals surface area contributed by atoms with Gasteiger partial charge in [-0.1, -0.05) is 17.3 Å². The topological polar surface area (TPSA) is 68.0 Å². The highest BCUT2D eigenvalue weighted by atomic mass is 32.2. The Balaban J connectivity index is 1.61. The van der Waals surface area contributed by atoms with Crippen molar-refractivity contribution in [2.24, 2.45) is 0 Å². The fourth-order valence-electron chi connectivity index (χ4n) is 2.36. The van der Waals surface area contributed by atoms with Crippen LogP contribution >= 0.6 is 11.8 Å². The highest BCUT2D eigenvalue weighted by molar-refractivity contribution is 7.99. The minimum atomic E-state index is -4.50. The summed E-state index contributed by atoms with van der Waals surface area (Å²) in [5, 5.41) is 5.27. The second-order valence-electron chi connectivity index (χ2n) is 6.16. The Morgan fingerprint density at radius 1 is 1.20 bits per heavy atom. The summed E-state index contributed by atoms with van der Waals surface area (Å²) in [5.74, 6) is -1.86. The summed E-state index contributed by atoms with van der Waals surface area (Å²) in [7, 11) is 0. The van der Waals surface area contributed by atoms with Crippen LogP contribution in [0.25, 0.3) is 11.4 Å². The van der Waals surface area contributed by atoms with Crippen molar-refractivity contribution >= 4 is 23.4 Å². The van der Waals surface area contributed by atoms with Crippen molar-refractivity contribution < 1.29 is 31.3 Å². The fraction of sp³-hybridized carbons (Fsp3) is 0.211. The molecule has 3 aromatic rings. The number of thioether (sulfide) groups is 1. The van der Waals surface area contributed by atoms with E-state index in [0.29, 0.717) is 0 Å². The molecule has 0 fully saturated rings. The second kappa shape index (κ2) is 8.82. The summed E-state index contributed by atoms with van der Waals surface area (Å²) in [6, 6.07) is 7.19. The molecule has 11 heteroatoms. The molecule has 0 spiro atoms. The van der Waals surface area contributed by atoms with Gasteiger partial charge in [-0.05, 0) is 31.2 Å². The van der Waals surface area contributed by atoms with Crippen molar-refractivity contribution in [1.82, 2.24) is 10.1 Å². The first kappa shape index (κ1) is 21.8. The third-order valence-corrected chi connectivity index (χ3v) is 5.06. The number of amides is 1. The maximum Gasteiger partial charge on any atom is 0.416 e. The standard InChI is InChI=1S/C19H14F5N3O2S/c1-10(18(28)25-15-8-13(20)5-6-14(15)21)30-9-16-26-17(27-29-16)11-3-2-4-12(7-11)19(22,23)24/h2-8,10H,9H2,1H3,(H,25,28). The molecule has 1 heterocycles. The highest BCUT2D eigenvalue weighted by Crippen LogP contribution is 2.31. The highest BCUT2D eigenvalue weighted by Gasteiger charge is 2.30. The van der Waals surface area contributed by atoms with Crippen LogP contribution < -0.4 is 5.32 Å². The number of anilines is 1. The van der Waals surface area contributed by atoms with E-state index in [0.717, 1.165) is 42.1 Å². The van der Waals surface area contributed by atoms with Crippen LogP contribution in [0.5, 0.6) is 0 Å². The van der Waals surface area contributed by atoms with Crippen LogP contribution in [-0.2, 0) is 16.7 Å². The summed E-state index contributed by atoms with van der Waals surface area (Å²) < 4.78 is 70.3. The number of alkyl halides is 3. The molecule has 3 rings (SSSR count). The lowest BCUT2D eigenvalue weighted by Crippen LogP contribution is -2.23. The van der Waals surface area contributed by atoms with Gasteiger partial charge < -0.3 is 9.84 Å². The maximum atomic E-state index is 13.6. The number of hydrogen-bond donors (Lipinski definition) is 1. The molecule has 0 saturated carbocycles. The Bertz CT molecular complexity index is 1050. The monoisotopic (exact) mass is 443 g/mol. The van der Waals surface area contributed by atoms with Crippen LogP contribution in [0.1, 0.15) is 18.4 Å². The van der Waals surface area contributed by atoms with Crippen LogP contribution in [0, 0.1) is 11.6 Å². The Morgan fingerprint density at radius 2 is 1.97 bits per heavy atom. The number of halogens is 5. The number of nitrogens with one attached hydrogen (secondary N) is 1. The second-order valence-corrected chi connectivity index (χ2v) is 7.49. The van der Waals surface area contributed by atoms with Crippen LogP contribution in [0.4, 0.5) is 27.6 Å². The van der Waals surface area contributed by atoms with Gasteiger partial charge in [0.25, 0.3) is 0 Å². The maximum absolute atomic E-state index is 13.6. The van der Waals surface area contributed by atoms with Gasteiger partial charge in [0.1, 0.15) is 11.6 Å². The van der Waals surface area contributed by atoms with Crippen molar-refractivity contribution in [3.05, 3.63) is 65.6 Å². The smallest absolute Gasteiger partial charge is 0.338 e. The van der Waals surface area contributed by atoms with Crippen LogP contribution in [0.15, 0.2) is 47.0 Å². The largest absolute Gasteiger partial charge is 0.416 e. The third-order valence-electron chi connectivity index (χ3n) is 3.93. The van der Waals surface area contributed by atoms with Crippen molar-refractivity contribution in [3.8, 4) is 11.4 Å². The number of nitrogens with zero attached hydrogens (tertiary/aromatic N) is 2. The van der Waals surface area contributed by atoms with Crippen LogP contribution in [0.2, 0.25) is 0 Å². The van der Waals surface area contributed by atoms with Gasteiger partial charge in [-0.25, -0.2) is 8.78 Å². The first-order valence-corrected chi connectivity index (χ1v) is 9.56. The zero-order valence-corrected chi connectivity index (χ0v) is 16.2. The van der Waals surface area contributed by atoms with E-state index in [1.807, 2.05) is 0 Å². The summed E-state index contributed by atoms with van der Waals surface area (Å²) >= 11 is 1.08. The molecule has 1 aromatic heterocycles. The van der Waals surface area contributed by atoms with E-state index in [1.54, 1.807) is 6.92 Å². The molecule has 0 aliphatic heterocycles. The van der Waals surface area contributed by atoms with Crippen molar-refractivity contribution in [1.29, 1.82) is 0 Å². The summed E-state index contributed by atoms with van der Waals surface area (Å²) in [4.78, 5) is 16.2. The minimum absolute atomic E-state index is 0.0179. The van der Waals surface area contributed by atoms with E-state index in [9.17, 15) is 26.7 Å². The van der Waals surface area contributed by atoms with Gasteiger partial charge in [0, 0.05) is 11.6 Å². The van der Waals surface area contributed by atoms with Crippen LogP contribution in [0.3, 0.4) is 0 Å². The van der Waals surface area contributed by atoms with Crippen molar-refractivity contribution in [2.45, 2.75) is 24.1 Å². The molecule has 1 amide bonds. The number of rotatable bonds is 6. The molecule has 0 aliphatic carbocycles. The molecule has 30 heavy (non-hydrogen) atoms. The molecule has 0 radical (unpaired) electrons. The van der Waals surface area contributed by atoms with E-state index in [1.165, 1.54) is 12.1 Å². The Kier molecular flexibility index (Phi) is 6.40. The van der Waals surface area contributed by atoms with E-state index in [-0.39, 0.29) is 28.7 Å². The van der Waals surface area contributed by atoms with E-state index in [4.69, 9.17) is 4.52 Å². The molecule has 1 unspecified atom stereocenters. The first-order chi connectivity index (χ1) is 14.1. The molecule has 0 saturated heterocycles. The lowest BCUT2D eigenvalue weighted by atomic mass is 10.1. The van der Waals surface area contributed by atoms with Gasteiger partial charge in [-0.2, -0.15) is 18.2 Å². The lowest BCUT2D eigenvalue weighted by Gasteiger charge is -2.11. The minimum Gasteiger partial charge on any atom is -0.338 e. The molecule has 5 nitrogen and oxygen atoms in total. The SMILES string of the molecule is CC(SCc1nc(-c2cccc(C(F)(F)F)c2)no1)C(=O)Nc1cc(F)ccc1F. The third kappa shape index (κ3) is 5.35. The fourth-order valence-corrected chi connectivity index (χ4v) is 3.09. The molecule has 0 aliphatic rings. The molecule has 1 atom stereocenters. The van der Waals surface area contributed by atoms with Gasteiger partial charge >= 0.3 is 6.18 Å². The molecule has 158 valence electrons. The zero-order valence-electron chi connectivity index (χ0n) is 15.3. The van der Waals surface area contributed by atoms with Crippen molar-refractivity contribution in [3.63, 3.8) is 0 Å². The molecular weight excluding hydrogens is 429 g/mol. The normalized spacial score (nSPS) is 12.6. The summed E-state index contributed by atoms with van der Waals surface area (Å²) in [6.45, 7) is 1.54. The average Bonchev–Trinajstić information content (AvgIpc) is 3.17. The first-order valence-electron chi connectivity index (χ1n) is 8.51. The molecule has 1 N–H and O–H groups in total. The Hall–Kier alpha value is -2.95. The van der Waals surface area contributed by atoms with Gasteiger partial charge in [0.05, 0.1) is 22.3 Å². The predicted octanol–water partition coefficient (Wildman–Crippen LogP) is 5.29. The lowest BCUT2D eigenvalue weighted by molar-refractivity contribution is -0.137. The van der Waals surface area contributed by atoms with Crippen LogP contribution in [-0.4, -0.2) is 21.3 Å². The van der Waals surface area contributed by atoms with Gasteiger partial charge in [-0.3, -0.25) is 4.79 Å². The molecular formula is C19H14F5N3O2S. The number of carbonyl (C=O) groups is 1. The number of aromatic nitrogens is 2. The van der Waals surface area contributed by atoms with Crippen molar-refractivity contribution in [2.75, 3.05) is 5.32 Å². The predicted molar refractivity (Wildman–Crippen MR) is 100 cm³/mol. The van der Waals surface area contributed by atoms with Gasteiger partial charge in [0.2, 0.25) is 17.6 Å². The van der Waals surface area contributed by atoms with E-state index >= 15 is 0 Å². The summed E-state index contributed by atoms with van der Waals surface area (Å²) in [5.41, 5.74) is -0.982. The average molecular weight is 443 g/mol. The molecule has 0 bridgehead atoms. The number of carbonyl (C=O) groups excluding carboxylic acids is 1. The van der Waals surface area contributed by atoms with E-state index in [2.05, 4.69) is 15.5 Å². The Labute approximate surface area is 171 Å². The number of hydrogen-bond acceptors (Lipinski definition) is 5. The van der Waals surface area contributed by atoms with Gasteiger partial charge in [-0.15, -0.1) is 11.8 Å². The molecule has 2 aromatic carbocycles.